The van der Waals surface area contributed by atoms with Gasteiger partial charge in [0.05, 0.1) is 10.4 Å². The zero-order valence-electron chi connectivity index (χ0n) is 3.86. The maximum atomic E-state index is 4.64. The maximum Gasteiger partial charge on any atom is 0.0716 e. The van der Waals surface area contributed by atoms with Gasteiger partial charge in [0.1, 0.15) is 0 Å². The summed E-state index contributed by atoms with van der Waals surface area (Å²) in [4.78, 5) is 0. The van der Waals surface area contributed by atoms with E-state index in [1.54, 1.807) is 0 Å². The van der Waals surface area contributed by atoms with E-state index in [2.05, 4.69) is 12.0 Å². The molecule has 0 amide bonds. The minimum absolute atomic E-state index is 0.806. The van der Waals surface area contributed by atoms with Gasteiger partial charge >= 0.3 is 0 Å². The van der Waals surface area contributed by atoms with Crippen LogP contribution in [-0.2, 0) is 0 Å². The molecule has 0 spiro atoms. The van der Waals surface area contributed by atoms with Crippen molar-refractivity contribution in [2.45, 2.75) is 0 Å². The van der Waals surface area contributed by atoms with E-state index in [4.69, 9.17) is 0 Å². The molecular formula is C2H11NSi2. The van der Waals surface area contributed by atoms with Gasteiger partial charge in [0.25, 0.3) is 0 Å². The van der Waals surface area contributed by atoms with Crippen molar-refractivity contribution in [3.05, 3.63) is 12.3 Å². The molecule has 0 bridgehead atoms. The second-order valence-electron chi connectivity index (χ2n) is 0.408. The first kappa shape index (κ1) is 8.93. The summed E-state index contributed by atoms with van der Waals surface area (Å²) < 4.78 is 0. The summed E-state index contributed by atoms with van der Waals surface area (Å²) >= 11 is 0. The van der Waals surface area contributed by atoms with Gasteiger partial charge in [-0.15, -0.1) is 12.3 Å². The Labute approximate surface area is 39.2 Å². The van der Waals surface area contributed by atoms with Gasteiger partial charge in [-0.25, -0.2) is 0 Å². The Bertz CT molecular complexity index is 15.1. The second-order valence-corrected chi connectivity index (χ2v) is 1.22. The van der Waals surface area contributed by atoms with E-state index in [9.17, 15) is 0 Å². The molecule has 0 aliphatic carbocycles. The number of rotatable bonds is 0. The van der Waals surface area contributed by atoms with E-state index in [0.29, 0.717) is 0 Å². The molecule has 0 rings (SSSR count). The highest BCUT2D eigenvalue weighted by Gasteiger charge is 1.16. The summed E-state index contributed by atoms with van der Waals surface area (Å²) in [5.41, 5.74) is 1.89. The molecule has 0 aliphatic rings. The normalized spacial score (nSPS) is 5.00. The Hall–Kier alpha value is 0.134. The molecule has 2 N–H and O–H groups in total. The predicted molar refractivity (Wildman–Crippen MR) is 34.3 cm³/mol. The van der Waals surface area contributed by atoms with Gasteiger partial charge in [-0.1, -0.05) is 0 Å². The monoisotopic (exact) mass is 105 g/mol. The lowest BCUT2D eigenvalue weighted by atomic mass is 11.3. The van der Waals surface area contributed by atoms with Gasteiger partial charge in [0.2, 0.25) is 0 Å². The molecule has 1 nitrogen and oxygen atoms in total. The smallest absolute Gasteiger partial charge is 0.0716 e. The molecule has 0 saturated carbocycles. The molecule has 0 aromatic heterocycles. The first-order chi connectivity index (χ1) is 2.41. The van der Waals surface area contributed by atoms with Crippen LogP contribution in [0.5, 0.6) is 0 Å². The van der Waals surface area contributed by atoms with Crippen molar-refractivity contribution in [1.29, 1.82) is 0 Å². The van der Waals surface area contributed by atoms with Crippen molar-refractivity contribution < 1.29 is 0 Å². The van der Waals surface area contributed by atoms with Crippen LogP contribution in [0.3, 0.4) is 0 Å². The van der Waals surface area contributed by atoms with E-state index in [-0.39, 0.29) is 0 Å². The van der Waals surface area contributed by atoms with Crippen molar-refractivity contribution >= 4 is 20.6 Å². The van der Waals surface area contributed by atoms with Crippen LogP contribution in [-0.4, -0.2) is 20.6 Å². The third-order valence-electron chi connectivity index (χ3n) is 0. The summed E-state index contributed by atoms with van der Waals surface area (Å²) in [6, 6.07) is 0. The first-order valence-corrected chi connectivity index (χ1v) is 3.87. The lowest BCUT2D eigenvalue weighted by molar-refractivity contribution is 2.00. The minimum Gasteiger partial charge on any atom is -0.358 e. The number of hydrogen-bond donors (Lipinski definition) is 1. The van der Waals surface area contributed by atoms with Gasteiger partial charge < -0.3 is 5.40 Å². The van der Waals surface area contributed by atoms with E-state index >= 15 is 0 Å². The van der Waals surface area contributed by atoms with Crippen LogP contribution in [0.4, 0.5) is 0 Å². The summed E-state index contributed by atoms with van der Waals surface area (Å²) in [5, 5.41) is 4.64. The Balaban J connectivity index is 0. The lowest BCUT2D eigenvalue weighted by Gasteiger charge is -1.29. The average Bonchev–Trinajstić information content (AvgIpc) is 1.46. The summed E-state index contributed by atoms with van der Waals surface area (Å²) in [5.74, 6) is 0. The Morgan fingerprint density at radius 3 is 1.60 bits per heavy atom. The third kappa shape index (κ3) is 1050. The SMILES string of the molecule is C=C[SiH3].N[SiH3]. The molecule has 0 saturated heterocycles. The van der Waals surface area contributed by atoms with E-state index in [1.807, 2.05) is 5.70 Å². The van der Waals surface area contributed by atoms with Gasteiger partial charge in [-0.2, -0.15) is 0 Å². The van der Waals surface area contributed by atoms with Crippen molar-refractivity contribution in [2.75, 3.05) is 0 Å². The van der Waals surface area contributed by atoms with E-state index in [0.717, 1.165) is 20.6 Å². The van der Waals surface area contributed by atoms with Gasteiger partial charge in [0, 0.05) is 10.2 Å². The fourth-order valence-corrected chi connectivity index (χ4v) is 0. The van der Waals surface area contributed by atoms with Crippen molar-refractivity contribution in [2.24, 2.45) is 5.40 Å². The molecule has 5 heavy (non-hydrogen) atoms. The van der Waals surface area contributed by atoms with Crippen LogP contribution in [0.1, 0.15) is 0 Å². The highest BCUT2D eigenvalue weighted by Crippen LogP contribution is 1.24. The Kier molecular flexibility index (Phi) is 56.4. The highest BCUT2D eigenvalue weighted by molar-refractivity contribution is 6.16. The predicted octanol–water partition coefficient (Wildman–Crippen LogP) is -2.28. The molecule has 0 atom stereocenters. The zero-order valence-corrected chi connectivity index (χ0v) is 7.86. The van der Waals surface area contributed by atoms with Crippen LogP contribution >= 0.6 is 0 Å². The summed E-state index contributed by atoms with van der Waals surface area (Å²) in [7, 11) is 1.94. The maximum absolute atomic E-state index is 4.64. The average molecular weight is 105 g/mol. The zero-order chi connectivity index (χ0) is 4.71. The molecule has 0 aliphatic heterocycles. The largest absolute Gasteiger partial charge is 0.358 e. The number of nitrogens with two attached hydrogens (primary N) is 1. The molecular weight excluding hydrogens is 94.2 g/mol. The van der Waals surface area contributed by atoms with Crippen molar-refractivity contribution in [1.82, 2.24) is 0 Å². The Morgan fingerprint density at radius 2 is 1.60 bits per heavy atom. The van der Waals surface area contributed by atoms with Gasteiger partial charge in [-0.3, -0.25) is 0 Å². The fourth-order valence-electron chi connectivity index (χ4n) is 0. The summed E-state index contributed by atoms with van der Waals surface area (Å²) in [6.07, 6.45) is 0. The summed E-state index contributed by atoms with van der Waals surface area (Å²) in [6.45, 7) is 3.42. The van der Waals surface area contributed by atoms with Crippen molar-refractivity contribution in [3.8, 4) is 0 Å². The topological polar surface area (TPSA) is 26.0 Å². The quantitative estimate of drug-likeness (QED) is 0.345. The second kappa shape index (κ2) is 31.6. The first-order valence-electron chi connectivity index (χ1n) is 1.56. The van der Waals surface area contributed by atoms with Crippen molar-refractivity contribution in [3.63, 3.8) is 0 Å². The molecule has 0 heterocycles. The van der Waals surface area contributed by atoms with E-state index < -0.39 is 0 Å². The molecule has 32 valence electrons. The van der Waals surface area contributed by atoms with Crippen LogP contribution in [0.2, 0.25) is 0 Å². The standard InChI is InChI=1S/C2H6Si.H5NSi/c1-2-3;1-2/h2H,1H2,3H3;1H2,2H3. The Morgan fingerprint density at radius 1 is 1.60 bits per heavy atom. The minimum atomic E-state index is 0.806. The molecule has 0 fully saturated rings. The highest BCUT2D eigenvalue weighted by atomic mass is 28.2. The van der Waals surface area contributed by atoms with Gasteiger partial charge in [0.15, 0.2) is 0 Å². The van der Waals surface area contributed by atoms with Gasteiger partial charge in [-0.05, 0) is 0 Å². The third-order valence-corrected chi connectivity index (χ3v) is 0. The fraction of sp³-hybridized carbons (Fsp3) is 0. The van der Waals surface area contributed by atoms with Crippen LogP contribution < -0.4 is 5.40 Å². The van der Waals surface area contributed by atoms with Crippen LogP contribution in [0, 0.1) is 0 Å². The lowest BCUT2D eigenvalue weighted by Crippen LogP contribution is -1.75. The molecule has 0 aromatic rings. The van der Waals surface area contributed by atoms with E-state index in [1.165, 1.54) is 0 Å². The molecule has 0 radical (unpaired) electrons. The molecule has 0 unspecified atom stereocenters. The number of hydrogen-bond acceptors (Lipinski definition) is 1. The van der Waals surface area contributed by atoms with Crippen LogP contribution in [0.25, 0.3) is 0 Å². The molecule has 3 heteroatoms. The van der Waals surface area contributed by atoms with Crippen LogP contribution in [0.15, 0.2) is 12.3 Å². The molecule has 0 aromatic carbocycles.